The van der Waals surface area contributed by atoms with Gasteiger partial charge in [0.2, 0.25) is 0 Å². The molecule has 1 unspecified atom stereocenters. The largest absolute Gasteiger partial charge is 0.416 e. The minimum absolute atomic E-state index is 0.116. The Bertz CT molecular complexity index is 440. The van der Waals surface area contributed by atoms with Gasteiger partial charge in [0.05, 0.1) is 5.56 Å². The lowest BCUT2D eigenvalue weighted by Crippen LogP contribution is -2.13. The van der Waals surface area contributed by atoms with E-state index in [0.717, 1.165) is 18.6 Å². The van der Waals surface area contributed by atoms with Gasteiger partial charge in [-0.2, -0.15) is 13.2 Å². The molecule has 1 aromatic rings. The van der Waals surface area contributed by atoms with Gasteiger partial charge in [0, 0.05) is 6.04 Å². The summed E-state index contributed by atoms with van der Waals surface area (Å²) >= 11 is 0. The van der Waals surface area contributed by atoms with Crippen LogP contribution in [0.1, 0.15) is 25.8 Å². The zero-order chi connectivity index (χ0) is 12.8. The van der Waals surface area contributed by atoms with Crippen molar-refractivity contribution in [3.8, 4) is 0 Å². The molecule has 1 atom stereocenters. The van der Waals surface area contributed by atoms with Gasteiger partial charge in [-0.05, 0) is 24.0 Å². The summed E-state index contributed by atoms with van der Waals surface area (Å²) in [6.45, 7) is 4.09. The zero-order valence-corrected chi connectivity index (χ0v) is 9.60. The summed E-state index contributed by atoms with van der Waals surface area (Å²) in [5.41, 5.74) is 4.71. The summed E-state index contributed by atoms with van der Waals surface area (Å²) in [5.74, 6) is 0.0636. The lowest BCUT2D eigenvalue weighted by atomic mass is 10.2. The third-order valence-corrected chi connectivity index (χ3v) is 3.01. The topological polar surface area (TPSA) is 50.9 Å². The molecule has 6 heteroatoms. The van der Waals surface area contributed by atoms with E-state index in [1.807, 2.05) is 13.8 Å². The van der Waals surface area contributed by atoms with Gasteiger partial charge in [-0.1, -0.05) is 13.8 Å². The van der Waals surface area contributed by atoms with Crippen molar-refractivity contribution < 1.29 is 13.2 Å². The maximum atomic E-state index is 12.5. The van der Waals surface area contributed by atoms with E-state index >= 15 is 0 Å². The molecule has 1 saturated carbocycles. The van der Waals surface area contributed by atoms with Crippen molar-refractivity contribution in [2.45, 2.75) is 32.5 Å². The number of aromatic nitrogens is 1. The lowest BCUT2D eigenvalue weighted by Gasteiger charge is -2.12. The molecule has 2 rings (SSSR count). The fourth-order valence-corrected chi connectivity index (χ4v) is 1.68. The number of anilines is 2. The van der Waals surface area contributed by atoms with Crippen molar-refractivity contribution in [1.82, 2.24) is 4.98 Å². The first-order valence-electron chi connectivity index (χ1n) is 5.30. The predicted molar refractivity (Wildman–Crippen MR) is 59.5 cm³/mol. The van der Waals surface area contributed by atoms with Crippen molar-refractivity contribution in [2.75, 3.05) is 11.1 Å². The van der Waals surface area contributed by atoms with Crippen LogP contribution in [0.3, 0.4) is 0 Å². The number of rotatable bonds is 2. The summed E-state index contributed by atoms with van der Waals surface area (Å²) in [6, 6.07) is 1.99. The van der Waals surface area contributed by atoms with Crippen LogP contribution in [0.25, 0.3) is 0 Å². The second-order valence-corrected chi connectivity index (χ2v) is 5.05. The molecule has 0 bridgehead atoms. The molecular weight excluding hydrogens is 231 g/mol. The van der Waals surface area contributed by atoms with Crippen molar-refractivity contribution in [2.24, 2.45) is 5.41 Å². The van der Waals surface area contributed by atoms with Crippen molar-refractivity contribution in [1.29, 1.82) is 0 Å². The molecule has 0 spiro atoms. The van der Waals surface area contributed by atoms with Gasteiger partial charge in [-0.25, -0.2) is 4.98 Å². The van der Waals surface area contributed by atoms with Crippen LogP contribution in [0, 0.1) is 5.41 Å². The first-order valence-corrected chi connectivity index (χ1v) is 5.30. The Hall–Kier alpha value is -1.46. The van der Waals surface area contributed by atoms with Gasteiger partial charge < -0.3 is 11.1 Å². The molecule has 17 heavy (non-hydrogen) atoms. The van der Waals surface area contributed by atoms with Crippen LogP contribution < -0.4 is 11.1 Å². The van der Waals surface area contributed by atoms with Crippen molar-refractivity contribution in [3.63, 3.8) is 0 Å². The fourth-order valence-electron chi connectivity index (χ4n) is 1.68. The molecule has 3 N–H and O–H groups in total. The fraction of sp³-hybridized carbons (Fsp3) is 0.545. The monoisotopic (exact) mass is 245 g/mol. The number of halogens is 3. The van der Waals surface area contributed by atoms with Crippen molar-refractivity contribution in [3.05, 3.63) is 17.7 Å². The Morgan fingerprint density at radius 3 is 2.47 bits per heavy atom. The SMILES string of the molecule is CC1(C)CC1Nc1cc(C(F)(F)F)cc(N)n1. The molecule has 0 aliphatic heterocycles. The standard InChI is InChI=1S/C11H14F3N3/c1-10(2)5-7(10)16-9-4-6(11(12,13)14)3-8(15)17-9/h3-4,7H,5H2,1-2H3,(H3,15,16,17). The molecule has 1 aliphatic carbocycles. The highest BCUT2D eigenvalue weighted by Gasteiger charge is 2.46. The highest BCUT2D eigenvalue weighted by atomic mass is 19.4. The lowest BCUT2D eigenvalue weighted by molar-refractivity contribution is -0.137. The molecule has 94 valence electrons. The van der Waals surface area contributed by atoms with Crippen molar-refractivity contribution >= 4 is 11.6 Å². The van der Waals surface area contributed by atoms with Crippen LogP contribution in [-0.2, 0) is 6.18 Å². The van der Waals surface area contributed by atoms with E-state index in [0.29, 0.717) is 0 Å². The summed E-state index contributed by atoms with van der Waals surface area (Å²) in [6.07, 6.45) is -3.47. The number of hydrogen-bond acceptors (Lipinski definition) is 3. The smallest absolute Gasteiger partial charge is 0.384 e. The van der Waals surface area contributed by atoms with Gasteiger partial charge in [-0.3, -0.25) is 0 Å². The quantitative estimate of drug-likeness (QED) is 0.842. The van der Waals surface area contributed by atoms with Gasteiger partial charge >= 0.3 is 6.18 Å². The van der Waals surface area contributed by atoms with E-state index in [2.05, 4.69) is 10.3 Å². The zero-order valence-electron chi connectivity index (χ0n) is 9.60. The first kappa shape index (κ1) is 12.0. The molecule has 1 aliphatic rings. The second-order valence-electron chi connectivity index (χ2n) is 5.05. The van der Waals surface area contributed by atoms with E-state index < -0.39 is 11.7 Å². The molecule has 1 fully saturated rings. The maximum Gasteiger partial charge on any atom is 0.416 e. The van der Waals surface area contributed by atoms with Crippen LogP contribution in [0.4, 0.5) is 24.8 Å². The summed E-state index contributed by atoms with van der Waals surface area (Å²) in [5, 5.41) is 2.97. The number of nitrogens with one attached hydrogen (secondary N) is 1. The van der Waals surface area contributed by atoms with E-state index in [1.54, 1.807) is 0 Å². The minimum atomic E-state index is -4.40. The third-order valence-electron chi connectivity index (χ3n) is 3.01. The van der Waals surface area contributed by atoms with E-state index in [1.165, 1.54) is 0 Å². The first-order chi connectivity index (χ1) is 7.68. The van der Waals surface area contributed by atoms with Crippen LogP contribution in [-0.4, -0.2) is 11.0 Å². The molecule has 0 aromatic carbocycles. The number of nitrogens with zero attached hydrogens (tertiary/aromatic N) is 1. The Balaban J connectivity index is 2.21. The number of alkyl halides is 3. The molecule has 1 aromatic heterocycles. The van der Waals surface area contributed by atoms with Gasteiger partial charge in [-0.15, -0.1) is 0 Å². The van der Waals surface area contributed by atoms with Crippen LogP contribution in [0.15, 0.2) is 12.1 Å². The Morgan fingerprint density at radius 2 is 2.00 bits per heavy atom. The Morgan fingerprint density at radius 1 is 1.41 bits per heavy atom. The molecule has 0 saturated heterocycles. The average Bonchev–Trinajstić information content (AvgIpc) is 2.70. The summed E-state index contributed by atoms with van der Waals surface area (Å²) < 4.78 is 37.6. The van der Waals surface area contributed by atoms with Crippen LogP contribution >= 0.6 is 0 Å². The second kappa shape index (κ2) is 3.51. The van der Waals surface area contributed by atoms with E-state index in [4.69, 9.17) is 5.73 Å². The number of hydrogen-bond donors (Lipinski definition) is 2. The molecule has 0 radical (unpaired) electrons. The van der Waals surface area contributed by atoms with Crippen LogP contribution in [0.5, 0.6) is 0 Å². The molecule has 3 nitrogen and oxygen atoms in total. The van der Waals surface area contributed by atoms with Gasteiger partial charge in [0.25, 0.3) is 0 Å². The predicted octanol–water partition coefficient (Wildman–Crippen LogP) is 2.89. The molecule has 0 amide bonds. The van der Waals surface area contributed by atoms with E-state index in [-0.39, 0.29) is 23.1 Å². The molecular formula is C11H14F3N3. The normalized spacial score (nSPS) is 22.3. The number of nitrogens with two attached hydrogens (primary N) is 1. The number of nitrogen functional groups attached to an aromatic ring is 1. The molecule has 1 heterocycles. The average molecular weight is 245 g/mol. The van der Waals surface area contributed by atoms with Gasteiger partial charge in [0.15, 0.2) is 0 Å². The third kappa shape index (κ3) is 2.62. The summed E-state index contributed by atoms with van der Waals surface area (Å²) in [4.78, 5) is 3.86. The van der Waals surface area contributed by atoms with Gasteiger partial charge in [0.1, 0.15) is 11.6 Å². The maximum absolute atomic E-state index is 12.5. The minimum Gasteiger partial charge on any atom is -0.384 e. The number of pyridine rings is 1. The van der Waals surface area contributed by atoms with E-state index in [9.17, 15) is 13.2 Å². The van der Waals surface area contributed by atoms with Crippen LogP contribution in [0.2, 0.25) is 0 Å². The summed E-state index contributed by atoms with van der Waals surface area (Å²) in [7, 11) is 0. The Kier molecular flexibility index (Phi) is 2.48. The highest BCUT2D eigenvalue weighted by molar-refractivity contribution is 5.49. The highest BCUT2D eigenvalue weighted by Crippen LogP contribution is 2.46. The Labute approximate surface area is 97.2 Å².